The molecule has 2 aliphatic heterocycles. The van der Waals surface area contributed by atoms with E-state index in [4.69, 9.17) is 26.2 Å². The third kappa shape index (κ3) is 7.77. The molecule has 0 spiro atoms. The zero-order valence-corrected chi connectivity index (χ0v) is 17.3. The molecule has 1 aromatic carbocycles. The molecule has 2 saturated heterocycles. The number of morpholine rings is 1. The van der Waals surface area contributed by atoms with E-state index in [-0.39, 0.29) is 0 Å². The highest BCUT2D eigenvalue weighted by atomic mass is 35.5. The molecule has 0 amide bonds. The van der Waals surface area contributed by atoms with Crippen LogP contribution in [0.2, 0.25) is 5.02 Å². The monoisotopic (exact) mass is 436 g/mol. The molecule has 2 heterocycles. The third-order valence-corrected chi connectivity index (χ3v) is 5.45. The fourth-order valence-corrected chi connectivity index (χ4v) is 3.92. The van der Waals surface area contributed by atoms with Gasteiger partial charge in [0.2, 0.25) is 0 Å². The summed E-state index contributed by atoms with van der Waals surface area (Å²) in [6.07, 6.45) is -1.22. The fraction of sp³-hybridized carbons (Fsp3) is 0.650. The second kappa shape index (κ2) is 10.6. The van der Waals surface area contributed by atoms with Gasteiger partial charge in [0.15, 0.2) is 0 Å². The lowest BCUT2D eigenvalue weighted by Crippen LogP contribution is -2.57. The van der Waals surface area contributed by atoms with E-state index >= 15 is 0 Å². The average molecular weight is 437 g/mol. The summed E-state index contributed by atoms with van der Waals surface area (Å²) < 4.78 is 37.7. The number of carboxylic acids is 1. The van der Waals surface area contributed by atoms with Crippen molar-refractivity contribution in [2.45, 2.75) is 63.5 Å². The summed E-state index contributed by atoms with van der Waals surface area (Å²) in [7, 11) is 0. The van der Waals surface area contributed by atoms with E-state index in [1.165, 1.54) is 18.4 Å². The van der Waals surface area contributed by atoms with Crippen molar-refractivity contribution in [3.8, 4) is 0 Å². The number of alkyl halides is 3. The van der Waals surface area contributed by atoms with Gasteiger partial charge in [-0.15, -0.1) is 0 Å². The largest absolute Gasteiger partial charge is 0.490 e. The first-order valence-electron chi connectivity index (χ1n) is 9.71. The number of nitrogens with one attached hydrogen (secondary N) is 1. The number of aliphatic carboxylic acids is 1. The molecule has 2 fully saturated rings. The quantitative estimate of drug-likeness (QED) is 0.755. The Bertz CT molecular complexity index is 657. The second-order valence-electron chi connectivity index (χ2n) is 7.66. The Morgan fingerprint density at radius 1 is 1.31 bits per heavy atom. The molecule has 4 atom stereocenters. The molecule has 1 aromatic rings. The van der Waals surface area contributed by atoms with Crippen LogP contribution in [-0.4, -0.2) is 66.1 Å². The van der Waals surface area contributed by atoms with Crippen molar-refractivity contribution in [3.63, 3.8) is 0 Å². The minimum Gasteiger partial charge on any atom is -0.475 e. The minimum absolute atomic E-state index is 0.339. The first kappa shape index (κ1) is 23.9. The van der Waals surface area contributed by atoms with Crippen LogP contribution in [0.4, 0.5) is 13.2 Å². The maximum atomic E-state index is 10.6. The van der Waals surface area contributed by atoms with Gasteiger partial charge in [0.25, 0.3) is 0 Å². The SMILES string of the molecule is CC1CC(N2C[C@H](C)OC[C@@H]2Cc2ccc(Cl)cc2)CCN1.O=C(O)C(F)(F)F. The Hall–Kier alpha value is -1.35. The second-order valence-corrected chi connectivity index (χ2v) is 8.10. The summed E-state index contributed by atoms with van der Waals surface area (Å²) in [6.45, 7) is 7.50. The van der Waals surface area contributed by atoms with Crippen LogP contribution in [0.1, 0.15) is 32.3 Å². The number of rotatable bonds is 3. The summed E-state index contributed by atoms with van der Waals surface area (Å²) >= 11 is 6.00. The van der Waals surface area contributed by atoms with E-state index in [2.05, 4.69) is 36.2 Å². The molecule has 0 bridgehead atoms. The zero-order valence-electron chi connectivity index (χ0n) is 16.6. The lowest BCUT2D eigenvalue weighted by atomic mass is 9.94. The lowest BCUT2D eigenvalue weighted by molar-refractivity contribution is -0.192. The van der Waals surface area contributed by atoms with E-state index in [0.29, 0.717) is 24.2 Å². The maximum Gasteiger partial charge on any atom is 0.490 e. The van der Waals surface area contributed by atoms with Crippen molar-refractivity contribution >= 4 is 17.6 Å². The van der Waals surface area contributed by atoms with E-state index in [1.54, 1.807) is 0 Å². The van der Waals surface area contributed by atoms with Gasteiger partial charge >= 0.3 is 12.1 Å². The smallest absolute Gasteiger partial charge is 0.475 e. The number of ether oxygens (including phenoxy) is 1. The molecule has 3 rings (SSSR count). The molecular weight excluding hydrogens is 409 g/mol. The van der Waals surface area contributed by atoms with Crippen LogP contribution in [-0.2, 0) is 16.0 Å². The Morgan fingerprint density at radius 2 is 1.93 bits per heavy atom. The highest BCUT2D eigenvalue weighted by Crippen LogP contribution is 2.25. The van der Waals surface area contributed by atoms with Crippen LogP contribution in [0.25, 0.3) is 0 Å². The molecule has 164 valence electrons. The van der Waals surface area contributed by atoms with Gasteiger partial charge in [-0.1, -0.05) is 23.7 Å². The van der Waals surface area contributed by atoms with Gasteiger partial charge in [-0.25, -0.2) is 4.79 Å². The number of carbonyl (C=O) groups is 1. The maximum absolute atomic E-state index is 10.6. The predicted octanol–water partition coefficient (Wildman–Crippen LogP) is 3.75. The first-order chi connectivity index (χ1) is 13.6. The molecule has 5 nitrogen and oxygen atoms in total. The minimum atomic E-state index is -5.08. The molecule has 2 N–H and O–H groups in total. The molecular formula is C20H28ClF3N2O3. The Kier molecular flexibility index (Phi) is 8.75. The standard InChI is InChI=1S/C18H27ClN2O.C2HF3O2/c1-13-9-17(7-8-20-13)21-11-14(2)22-12-18(21)10-15-3-5-16(19)6-4-15;3-2(4,5)1(6)7/h3-6,13-14,17-18,20H,7-12H2,1-2H3;(H,6,7)/t13?,14-,17?,18-;/m0./s1. The zero-order chi connectivity index (χ0) is 21.6. The Labute approximate surface area is 174 Å². The Morgan fingerprint density at radius 3 is 2.48 bits per heavy atom. The van der Waals surface area contributed by atoms with Crippen LogP contribution < -0.4 is 5.32 Å². The van der Waals surface area contributed by atoms with E-state index < -0.39 is 12.1 Å². The third-order valence-electron chi connectivity index (χ3n) is 5.20. The summed E-state index contributed by atoms with van der Waals surface area (Å²) in [6, 6.07) is 10.0. The number of nitrogens with zero attached hydrogens (tertiary/aromatic N) is 1. The summed E-state index contributed by atoms with van der Waals surface area (Å²) in [5, 5.41) is 11.5. The molecule has 0 saturated carbocycles. The molecule has 2 aliphatic rings. The predicted molar refractivity (Wildman–Crippen MR) is 105 cm³/mol. The summed E-state index contributed by atoms with van der Waals surface area (Å²) in [5.74, 6) is -2.76. The van der Waals surface area contributed by atoms with Gasteiger partial charge in [-0.05, 0) is 57.4 Å². The van der Waals surface area contributed by atoms with Crippen molar-refractivity contribution < 1.29 is 27.8 Å². The highest BCUT2D eigenvalue weighted by molar-refractivity contribution is 6.30. The number of halogens is 4. The number of carboxylic acid groups (broad SMARTS) is 1. The van der Waals surface area contributed by atoms with Gasteiger partial charge in [0.05, 0.1) is 12.7 Å². The lowest BCUT2D eigenvalue weighted by Gasteiger charge is -2.46. The van der Waals surface area contributed by atoms with Crippen molar-refractivity contribution in [3.05, 3.63) is 34.9 Å². The normalized spacial score (nSPS) is 28.3. The number of hydrogen-bond donors (Lipinski definition) is 2. The molecule has 0 aromatic heterocycles. The van der Waals surface area contributed by atoms with Gasteiger partial charge in [0.1, 0.15) is 0 Å². The van der Waals surface area contributed by atoms with Crippen molar-refractivity contribution in [1.29, 1.82) is 0 Å². The molecule has 0 aliphatic carbocycles. The number of hydrogen-bond acceptors (Lipinski definition) is 4. The van der Waals surface area contributed by atoms with Crippen LogP contribution in [0.15, 0.2) is 24.3 Å². The molecule has 0 radical (unpaired) electrons. The number of piperidine rings is 1. The van der Waals surface area contributed by atoms with E-state index in [1.807, 2.05) is 12.1 Å². The van der Waals surface area contributed by atoms with Crippen LogP contribution in [0.3, 0.4) is 0 Å². The van der Waals surface area contributed by atoms with Crippen molar-refractivity contribution in [1.82, 2.24) is 10.2 Å². The van der Waals surface area contributed by atoms with Gasteiger partial charge in [-0.2, -0.15) is 13.2 Å². The summed E-state index contributed by atoms with van der Waals surface area (Å²) in [5.41, 5.74) is 1.35. The average Bonchev–Trinajstić information content (AvgIpc) is 2.65. The summed E-state index contributed by atoms with van der Waals surface area (Å²) in [4.78, 5) is 11.6. The van der Waals surface area contributed by atoms with E-state index in [0.717, 1.165) is 31.1 Å². The molecule has 29 heavy (non-hydrogen) atoms. The fourth-order valence-electron chi connectivity index (χ4n) is 3.79. The van der Waals surface area contributed by atoms with Gasteiger partial charge in [-0.3, -0.25) is 4.90 Å². The highest BCUT2D eigenvalue weighted by Gasteiger charge is 2.38. The van der Waals surface area contributed by atoms with Crippen LogP contribution in [0, 0.1) is 0 Å². The topological polar surface area (TPSA) is 61.8 Å². The molecule has 9 heteroatoms. The van der Waals surface area contributed by atoms with Crippen LogP contribution in [0.5, 0.6) is 0 Å². The van der Waals surface area contributed by atoms with Crippen molar-refractivity contribution in [2.75, 3.05) is 19.7 Å². The van der Waals surface area contributed by atoms with Crippen molar-refractivity contribution in [2.24, 2.45) is 0 Å². The van der Waals surface area contributed by atoms with Gasteiger partial charge in [0, 0.05) is 29.7 Å². The first-order valence-corrected chi connectivity index (χ1v) is 10.1. The number of benzene rings is 1. The van der Waals surface area contributed by atoms with Crippen LogP contribution >= 0.6 is 11.6 Å². The Balaban J connectivity index is 0.000000370. The molecule has 2 unspecified atom stereocenters. The van der Waals surface area contributed by atoms with Gasteiger partial charge < -0.3 is 15.2 Å². The van der Waals surface area contributed by atoms with E-state index in [9.17, 15) is 13.2 Å².